The molecule has 0 radical (unpaired) electrons. The number of fused-ring (bicyclic) bond motifs is 2. The van der Waals surface area contributed by atoms with Gasteiger partial charge in [0.05, 0.1) is 24.2 Å². The lowest BCUT2D eigenvalue weighted by atomic mass is 10.0. The summed E-state index contributed by atoms with van der Waals surface area (Å²) in [6.07, 6.45) is -4.62. The lowest BCUT2D eigenvalue weighted by molar-refractivity contribution is -0.0802. The molecule has 0 saturated carbocycles. The van der Waals surface area contributed by atoms with Gasteiger partial charge in [-0.05, 0) is 48.6 Å². The van der Waals surface area contributed by atoms with Crippen molar-refractivity contribution in [2.75, 3.05) is 6.61 Å². The smallest absolute Gasteiger partial charge is 0.349 e. The SMILES string of the molecule is Cc1cc2cc3c(=O)[nH]c(=O)nc-3n(C[C@@H](O)[C@@H](O)[C@H](O)CO)c2cc1C. The maximum atomic E-state index is 12.2. The second-order valence-electron chi connectivity index (χ2n) is 6.67. The highest BCUT2D eigenvalue weighted by Crippen LogP contribution is 2.27. The summed E-state index contributed by atoms with van der Waals surface area (Å²) in [6.45, 7) is 2.85. The third kappa shape index (κ3) is 3.50. The Hall–Kier alpha value is -2.59. The first-order chi connectivity index (χ1) is 12.7. The van der Waals surface area contributed by atoms with Gasteiger partial charge in [-0.25, -0.2) is 4.79 Å². The molecule has 9 nitrogen and oxygen atoms in total. The summed E-state index contributed by atoms with van der Waals surface area (Å²) in [7, 11) is 0. The van der Waals surface area contributed by atoms with Crippen molar-refractivity contribution in [3.8, 4) is 11.4 Å². The molecule has 1 aromatic carbocycles. The van der Waals surface area contributed by atoms with Gasteiger partial charge in [0, 0.05) is 0 Å². The van der Waals surface area contributed by atoms with E-state index >= 15 is 0 Å². The van der Waals surface area contributed by atoms with Crippen LogP contribution in [0.3, 0.4) is 0 Å². The number of aromatic nitrogens is 3. The summed E-state index contributed by atoms with van der Waals surface area (Å²) in [5, 5.41) is 39.5. The number of aromatic amines is 1. The molecule has 27 heavy (non-hydrogen) atoms. The van der Waals surface area contributed by atoms with Crippen LogP contribution in [0, 0.1) is 13.8 Å². The van der Waals surface area contributed by atoms with Crippen molar-refractivity contribution in [3.05, 3.63) is 50.2 Å². The van der Waals surface area contributed by atoms with Crippen molar-refractivity contribution < 1.29 is 20.4 Å². The molecular formula is C18H21N3O6. The zero-order valence-electron chi connectivity index (χ0n) is 14.9. The van der Waals surface area contributed by atoms with Gasteiger partial charge < -0.3 is 25.0 Å². The average Bonchev–Trinajstić information content (AvgIpc) is 2.62. The molecule has 0 amide bonds. The van der Waals surface area contributed by atoms with E-state index in [1.807, 2.05) is 26.0 Å². The molecule has 0 saturated heterocycles. The topological polar surface area (TPSA) is 149 Å². The maximum Gasteiger partial charge on any atom is 0.349 e. The lowest BCUT2D eigenvalue weighted by Crippen LogP contribution is -2.42. The predicted octanol–water partition coefficient (Wildman–Crippen LogP) is -1.12. The van der Waals surface area contributed by atoms with E-state index in [0.29, 0.717) is 10.9 Å². The maximum absolute atomic E-state index is 12.2. The monoisotopic (exact) mass is 375 g/mol. The van der Waals surface area contributed by atoms with E-state index < -0.39 is 36.2 Å². The second-order valence-corrected chi connectivity index (χ2v) is 6.67. The number of H-pyrrole nitrogens is 1. The standard InChI is InChI=1S/C18H21N3O6/c1-8-3-10-5-11-16(19-18(27)20-17(11)26)21(12(10)4-9(8)2)6-13(23)15(25)14(24)7-22/h3-5,13-15,22-25H,6-7H2,1-2H3,(H,20,26,27)/t13-,14-,15-/m1/s1. The Balaban J connectivity index is 2.28. The number of nitrogens with zero attached hydrogens (tertiary/aromatic N) is 2. The zero-order valence-corrected chi connectivity index (χ0v) is 14.9. The molecule has 0 spiro atoms. The van der Waals surface area contributed by atoms with E-state index in [2.05, 4.69) is 9.97 Å². The minimum atomic E-state index is -1.62. The molecular weight excluding hydrogens is 354 g/mol. The van der Waals surface area contributed by atoms with Gasteiger partial charge in [0.15, 0.2) is 5.82 Å². The summed E-state index contributed by atoms with van der Waals surface area (Å²) in [5.74, 6) is 0.0595. The number of aliphatic hydroxyl groups excluding tert-OH is 4. The molecule has 3 rings (SSSR count). The van der Waals surface area contributed by atoms with Crippen LogP contribution >= 0.6 is 0 Å². The zero-order chi connectivity index (χ0) is 19.9. The number of rotatable bonds is 5. The number of pyridine rings is 1. The molecule has 2 aliphatic heterocycles. The van der Waals surface area contributed by atoms with Crippen LogP contribution in [-0.4, -0.2) is 59.9 Å². The minimum absolute atomic E-state index is 0.0595. The van der Waals surface area contributed by atoms with Crippen molar-refractivity contribution in [2.45, 2.75) is 38.7 Å². The van der Waals surface area contributed by atoms with Crippen LogP contribution in [0.4, 0.5) is 0 Å². The van der Waals surface area contributed by atoms with Gasteiger partial charge in [0.2, 0.25) is 0 Å². The largest absolute Gasteiger partial charge is 0.394 e. The van der Waals surface area contributed by atoms with Crippen molar-refractivity contribution in [1.82, 2.24) is 14.5 Å². The average molecular weight is 375 g/mol. The van der Waals surface area contributed by atoms with E-state index in [1.165, 1.54) is 4.57 Å². The molecule has 9 heteroatoms. The Morgan fingerprint density at radius 1 is 1.07 bits per heavy atom. The number of nitrogens with one attached hydrogen (secondary N) is 1. The third-order valence-corrected chi connectivity index (χ3v) is 4.75. The Kier molecular flexibility index (Phi) is 5.11. The fourth-order valence-corrected chi connectivity index (χ4v) is 3.07. The first-order valence-electron chi connectivity index (χ1n) is 8.42. The molecule has 0 bridgehead atoms. The summed E-state index contributed by atoms with van der Waals surface area (Å²) < 4.78 is 1.46. The first kappa shape index (κ1) is 19.2. The molecule has 3 atom stereocenters. The van der Waals surface area contributed by atoms with Gasteiger partial charge in [0.1, 0.15) is 18.3 Å². The van der Waals surface area contributed by atoms with Crippen LogP contribution in [0.15, 0.2) is 27.8 Å². The van der Waals surface area contributed by atoms with Gasteiger partial charge in [-0.2, -0.15) is 4.98 Å². The van der Waals surface area contributed by atoms with Gasteiger partial charge in [-0.3, -0.25) is 9.78 Å². The molecule has 2 aliphatic rings. The van der Waals surface area contributed by atoms with Crippen molar-refractivity contribution >= 4 is 10.9 Å². The van der Waals surface area contributed by atoms with Gasteiger partial charge in [-0.1, -0.05) is 0 Å². The Morgan fingerprint density at radius 3 is 2.41 bits per heavy atom. The van der Waals surface area contributed by atoms with E-state index in [-0.39, 0.29) is 17.9 Å². The molecule has 0 aliphatic carbocycles. The van der Waals surface area contributed by atoms with Gasteiger partial charge in [0.25, 0.3) is 5.56 Å². The van der Waals surface area contributed by atoms with Crippen LogP contribution in [-0.2, 0) is 6.54 Å². The molecule has 0 unspecified atom stereocenters. The Labute approximate surface area is 153 Å². The van der Waals surface area contributed by atoms with Gasteiger partial charge in [-0.15, -0.1) is 0 Å². The van der Waals surface area contributed by atoms with Crippen molar-refractivity contribution in [1.29, 1.82) is 0 Å². The van der Waals surface area contributed by atoms with Crippen LogP contribution in [0.2, 0.25) is 0 Å². The van der Waals surface area contributed by atoms with Gasteiger partial charge >= 0.3 is 5.69 Å². The second kappa shape index (κ2) is 7.20. The molecule has 0 aromatic heterocycles. The molecule has 1 aromatic rings. The number of hydrogen-bond donors (Lipinski definition) is 5. The van der Waals surface area contributed by atoms with Crippen molar-refractivity contribution in [3.63, 3.8) is 0 Å². The molecule has 0 fully saturated rings. The molecule has 144 valence electrons. The number of aliphatic hydroxyl groups is 4. The summed E-state index contributed by atoms with van der Waals surface area (Å²) in [4.78, 5) is 29.9. The van der Waals surface area contributed by atoms with Crippen LogP contribution in [0.25, 0.3) is 22.3 Å². The first-order valence-corrected chi connectivity index (χ1v) is 8.42. The molecule has 5 N–H and O–H groups in total. The van der Waals surface area contributed by atoms with Crippen LogP contribution < -0.4 is 11.2 Å². The third-order valence-electron chi connectivity index (χ3n) is 4.75. The summed E-state index contributed by atoms with van der Waals surface area (Å²) in [6, 6.07) is 5.32. The van der Waals surface area contributed by atoms with Crippen LogP contribution in [0.1, 0.15) is 11.1 Å². The quantitative estimate of drug-likeness (QED) is 0.355. The Morgan fingerprint density at radius 2 is 1.74 bits per heavy atom. The highest BCUT2D eigenvalue weighted by Gasteiger charge is 2.27. The number of benzene rings is 1. The number of aryl methyl sites for hydroxylation is 2. The molecule has 2 heterocycles. The fourth-order valence-electron chi connectivity index (χ4n) is 3.07. The van der Waals surface area contributed by atoms with E-state index in [4.69, 9.17) is 5.11 Å². The highest BCUT2D eigenvalue weighted by molar-refractivity contribution is 5.86. The fraction of sp³-hybridized carbons (Fsp3) is 0.389. The number of hydrogen-bond acceptors (Lipinski definition) is 7. The Bertz CT molecular complexity index is 1070. The highest BCUT2D eigenvalue weighted by atomic mass is 16.4. The predicted molar refractivity (Wildman–Crippen MR) is 97.8 cm³/mol. The normalized spacial score (nSPS) is 15.2. The lowest BCUT2D eigenvalue weighted by Gasteiger charge is -2.25. The van der Waals surface area contributed by atoms with E-state index in [1.54, 1.807) is 6.07 Å². The van der Waals surface area contributed by atoms with Crippen molar-refractivity contribution in [2.24, 2.45) is 0 Å². The van der Waals surface area contributed by atoms with E-state index in [9.17, 15) is 24.9 Å². The summed E-state index contributed by atoms with van der Waals surface area (Å²) >= 11 is 0. The minimum Gasteiger partial charge on any atom is -0.394 e. The summed E-state index contributed by atoms with van der Waals surface area (Å²) in [5.41, 5.74) is 1.28. The van der Waals surface area contributed by atoms with Crippen LogP contribution in [0.5, 0.6) is 0 Å². The van der Waals surface area contributed by atoms with E-state index in [0.717, 1.165) is 11.1 Å².